The number of carbonyl (C=O) groups excluding carboxylic acids is 1. The maximum absolute atomic E-state index is 13.5. The molecule has 0 aromatic heterocycles. The van der Waals surface area contributed by atoms with Crippen LogP contribution in [-0.4, -0.2) is 17.4 Å². The van der Waals surface area contributed by atoms with Crippen LogP contribution in [0.25, 0.3) is 0 Å². The lowest BCUT2D eigenvalue weighted by Gasteiger charge is -2.30. The Balaban J connectivity index is 2.02. The standard InChI is InChI=1S/C21H22Br2F2O3/c1-20(2,11-13-9-15(24)5-7-17(13)22)27-19(26)28-21(3,4)12-14-10-16(25)6-8-18(14)23/h5-10H,11-12H2,1-4H3. The van der Waals surface area contributed by atoms with Crippen molar-refractivity contribution < 1.29 is 23.0 Å². The minimum Gasteiger partial charge on any atom is -0.428 e. The van der Waals surface area contributed by atoms with Crippen molar-refractivity contribution in [1.82, 2.24) is 0 Å². The summed E-state index contributed by atoms with van der Waals surface area (Å²) in [4.78, 5) is 12.3. The molecule has 0 aliphatic carbocycles. The summed E-state index contributed by atoms with van der Waals surface area (Å²) in [7, 11) is 0. The first-order chi connectivity index (χ1) is 12.9. The molecule has 0 unspecified atom stereocenters. The van der Waals surface area contributed by atoms with Crippen LogP contribution in [0.3, 0.4) is 0 Å². The van der Waals surface area contributed by atoms with Gasteiger partial charge in [-0.2, -0.15) is 0 Å². The van der Waals surface area contributed by atoms with Crippen molar-refractivity contribution in [3.63, 3.8) is 0 Å². The van der Waals surface area contributed by atoms with Gasteiger partial charge in [0.1, 0.15) is 22.8 Å². The zero-order valence-corrected chi connectivity index (χ0v) is 19.3. The fourth-order valence-electron chi connectivity index (χ4n) is 2.82. The average Bonchev–Trinajstić information content (AvgIpc) is 2.52. The second-order valence-corrected chi connectivity index (χ2v) is 9.51. The summed E-state index contributed by atoms with van der Waals surface area (Å²) in [6.07, 6.45) is -0.234. The van der Waals surface area contributed by atoms with Gasteiger partial charge in [-0.3, -0.25) is 0 Å². The Morgan fingerprint density at radius 2 is 1.18 bits per heavy atom. The van der Waals surface area contributed by atoms with Crippen LogP contribution >= 0.6 is 31.9 Å². The number of hydrogen-bond acceptors (Lipinski definition) is 3. The van der Waals surface area contributed by atoms with Gasteiger partial charge in [-0.1, -0.05) is 31.9 Å². The summed E-state index contributed by atoms with van der Waals surface area (Å²) in [5.74, 6) is -0.725. The fourth-order valence-corrected chi connectivity index (χ4v) is 3.59. The largest absolute Gasteiger partial charge is 0.509 e. The quantitative estimate of drug-likeness (QED) is 0.386. The average molecular weight is 520 g/mol. The molecule has 0 amide bonds. The molecular formula is C21H22Br2F2O3. The molecule has 0 fully saturated rings. The van der Waals surface area contributed by atoms with E-state index in [4.69, 9.17) is 9.47 Å². The summed E-state index contributed by atoms with van der Waals surface area (Å²) in [5.41, 5.74) is -0.465. The van der Waals surface area contributed by atoms with Crippen molar-refractivity contribution in [1.29, 1.82) is 0 Å². The van der Waals surface area contributed by atoms with Crippen LogP contribution in [0.1, 0.15) is 38.8 Å². The molecule has 2 rings (SSSR count). The highest BCUT2D eigenvalue weighted by molar-refractivity contribution is 9.10. The summed E-state index contributed by atoms with van der Waals surface area (Å²) in [6.45, 7) is 6.90. The number of carbonyl (C=O) groups is 1. The van der Waals surface area contributed by atoms with Crippen molar-refractivity contribution >= 4 is 38.0 Å². The number of benzene rings is 2. The van der Waals surface area contributed by atoms with E-state index < -0.39 is 17.4 Å². The van der Waals surface area contributed by atoms with Crippen LogP contribution in [0.15, 0.2) is 45.3 Å². The third-order valence-corrected chi connectivity index (χ3v) is 5.51. The molecule has 152 valence electrons. The SMILES string of the molecule is CC(C)(Cc1cc(F)ccc1Br)OC(=O)OC(C)(C)Cc1cc(F)ccc1Br. The molecule has 2 aromatic carbocycles. The Morgan fingerprint density at radius 1 is 0.821 bits per heavy atom. The smallest absolute Gasteiger partial charge is 0.428 e. The van der Waals surface area contributed by atoms with Gasteiger partial charge in [-0.25, -0.2) is 13.6 Å². The first-order valence-electron chi connectivity index (χ1n) is 8.67. The van der Waals surface area contributed by atoms with E-state index >= 15 is 0 Å². The van der Waals surface area contributed by atoms with Crippen LogP contribution in [0.5, 0.6) is 0 Å². The lowest BCUT2D eigenvalue weighted by Crippen LogP contribution is -2.36. The predicted molar refractivity (Wildman–Crippen MR) is 111 cm³/mol. The molecule has 0 saturated carbocycles. The Hall–Kier alpha value is -1.47. The van der Waals surface area contributed by atoms with Gasteiger partial charge in [0.05, 0.1) is 0 Å². The van der Waals surface area contributed by atoms with Gasteiger partial charge in [0.15, 0.2) is 0 Å². The molecule has 0 aliphatic heterocycles. The molecule has 0 atom stereocenters. The monoisotopic (exact) mass is 518 g/mol. The lowest BCUT2D eigenvalue weighted by molar-refractivity contribution is -0.0583. The maximum atomic E-state index is 13.5. The van der Waals surface area contributed by atoms with Gasteiger partial charge in [0.2, 0.25) is 0 Å². The van der Waals surface area contributed by atoms with E-state index in [0.29, 0.717) is 24.0 Å². The summed E-state index contributed by atoms with van der Waals surface area (Å²) in [6, 6.07) is 8.71. The maximum Gasteiger partial charge on any atom is 0.509 e. The zero-order chi connectivity index (χ0) is 21.1. The van der Waals surface area contributed by atoms with Crippen LogP contribution in [0, 0.1) is 11.6 Å². The highest BCUT2D eigenvalue weighted by Gasteiger charge is 2.30. The molecule has 0 N–H and O–H groups in total. The van der Waals surface area contributed by atoms with E-state index in [1.54, 1.807) is 39.8 Å². The van der Waals surface area contributed by atoms with Crippen LogP contribution in [-0.2, 0) is 22.3 Å². The molecule has 0 aliphatic rings. The third-order valence-electron chi connectivity index (χ3n) is 3.97. The molecule has 3 nitrogen and oxygen atoms in total. The number of rotatable bonds is 6. The summed E-state index contributed by atoms with van der Waals surface area (Å²) < 4.78 is 39.4. The first-order valence-corrected chi connectivity index (χ1v) is 10.3. The Kier molecular flexibility index (Phi) is 7.26. The van der Waals surface area contributed by atoms with Crippen molar-refractivity contribution in [2.75, 3.05) is 0 Å². The van der Waals surface area contributed by atoms with E-state index in [-0.39, 0.29) is 11.6 Å². The minimum atomic E-state index is -0.914. The molecule has 0 spiro atoms. The topological polar surface area (TPSA) is 35.5 Å². The summed E-state index contributed by atoms with van der Waals surface area (Å²) in [5, 5.41) is 0. The van der Waals surface area contributed by atoms with Gasteiger partial charge in [-0.15, -0.1) is 0 Å². The van der Waals surface area contributed by atoms with E-state index in [2.05, 4.69) is 31.9 Å². The Bertz CT molecular complexity index is 797. The molecule has 2 aromatic rings. The zero-order valence-electron chi connectivity index (χ0n) is 16.1. The van der Waals surface area contributed by atoms with Crippen LogP contribution in [0.2, 0.25) is 0 Å². The van der Waals surface area contributed by atoms with Crippen molar-refractivity contribution in [3.8, 4) is 0 Å². The number of ether oxygens (including phenoxy) is 2. The van der Waals surface area contributed by atoms with Crippen molar-refractivity contribution in [2.24, 2.45) is 0 Å². The second-order valence-electron chi connectivity index (χ2n) is 7.80. The fraction of sp³-hybridized carbons (Fsp3) is 0.381. The molecule has 0 saturated heterocycles. The third kappa shape index (κ3) is 6.85. The van der Waals surface area contributed by atoms with Gasteiger partial charge >= 0.3 is 6.16 Å². The van der Waals surface area contributed by atoms with Crippen molar-refractivity contribution in [3.05, 3.63) is 68.1 Å². The second kappa shape index (κ2) is 8.91. The van der Waals surface area contributed by atoms with Crippen LogP contribution in [0.4, 0.5) is 13.6 Å². The molecular weight excluding hydrogens is 498 g/mol. The van der Waals surface area contributed by atoms with Crippen molar-refractivity contribution in [2.45, 2.75) is 51.7 Å². The minimum absolute atomic E-state index is 0.302. The van der Waals surface area contributed by atoms with Gasteiger partial charge in [0.25, 0.3) is 0 Å². The lowest BCUT2D eigenvalue weighted by atomic mass is 9.98. The van der Waals surface area contributed by atoms with Gasteiger partial charge in [-0.05, 0) is 75.2 Å². The molecule has 0 radical (unpaired) electrons. The van der Waals surface area contributed by atoms with Gasteiger partial charge < -0.3 is 9.47 Å². The van der Waals surface area contributed by atoms with Gasteiger partial charge in [0, 0.05) is 21.8 Å². The Morgan fingerprint density at radius 3 is 1.54 bits per heavy atom. The van der Waals surface area contributed by atoms with E-state index in [1.807, 2.05) is 0 Å². The van der Waals surface area contributed by atoms with E-state index in [0.717, 1.165) is 8.95 Å². The highest BCUT2D eigenvalue weighted by Crippen LogP contribution is 2.28. The molecule has 0 bridgehead atoms. The summed E-state index contributed by atoms with van der Waals surface area (Å²) >= 11 is 6.75. The highest BCUT2D eigenvalue weighted by atomic mass is 79.9. The molecule has 7 heteroatoms. The molecule has 28 heavy (non-hydrogen) atoms. The first kappa shape index (κ1) is 22.8. The van der Waals surface area contributed by atoms with Crippen LogP contribution < -0.4 is 0 Å². The Labute approximate surface area is 180 Å². The normalized spacial score (nSPS) is 12.0. The predicted octanol–water partition coefficient (Wildman–Crippen LogP) is 6.99. The number of hydrogen-bond donors (Lipinski definition) is 0. The molecule has 0 heterocycles. The number of halogens is 4. The van der Waals surface area contributed by atoms with E-state index in [9.17, 15) is 13.6 Å². The van der Waals surface area contributed by atoms with E-state index in [1.165, 1.54) is 24.3 Å².